The quantitative estimate of drug-likeness (QED) is 0.221. The molecule has 1 fully saturated rings. The van der Waals surface area contributed by atoms with Gasteiger partial charge >= 0.3 is 23.9 Å². The van der Waals surface area contributed by atoms with Crippen LogP contribution in [0.3, 0.4) is 0 Å². The number of esters is 4. The van der Waals surface area contributed by atoms with E-state index in [-0.39, 0.29) is 22.3 Å². The van der Waals surface area contributed by atoms with Crippen LogP contribution in [0.15, 0.2) is 121 Å². The number of rotatable bonds is 9. The topological polar surface area (TPSA) is 135 Å². The second kappa shape index (κ2) is 14.2. The first kappa shape index (κ1) is 30.1. The predicted octanol–water partition coefficient (Wildman–Crippen LogP) is 4.24. The van der Waals surface area contributed by atoms with Gasteiger partial charge in [-0.25, -0.2) is 19.2 Å². The lowest BCUT2D eigenvalue weighted by Crippen LogP contribution is -2.62. The first-order valence-corrected chi connectivity index (χ1v) is 13.7. The SMILES string of the molecule is O=C(OC[C@H]1O[C@@H](O)[C@@H](OC(=O)c2ccccc2)[C@H](OC(=O)c2ccccc2)[C@@H]1OC(=O)c1ccccc1)c1ccccc1. The average molecular weight is 597 g/mol. The van der Waals surface area contributed by atoms with Crippen molar-refractivity contribution in [3.05, 3.63) is 144 Å². The molecular formula is C34H28O10. The summed E-state index contributed by atoms with van der Waals surface area (Å²) in [5, 5.41) is 11.1. The van der Waals surface area contributed by atoms with Gasteiger partial charge in [-0.1, -0.05) is 72.8 Å². The van der Waals surface area contributed by atoms with E-state index in [9.17, 15) is 24.3 Å². The Hall–Kier alpha value is -5.32. The molecule has 0 spiro atoms. The van der Waals surface area contributed by atoms with Gasteiger partial charge in [-0.15, -0.1) is 0 Å². The van der Waals surface area contributed by atoms with Crippen LogP contribution in [0.4, 0.5) is 0 Å². The molecule has 0 aliphatic carbocycles. The zero-order valence-electron chi connectivity index (χ0n) is 23.3. The third-order valence-corrected chi connectivity index (χ3v) is 6.76. The number of hydrogen-bond acceptors (Lipinski definition) is 10. The summed E-state index contributed by atoms with van der Waals surface area (Å²) in [4.78, 5) is 52.3. The minimum absolute atomic E-state index is 0.154. The summed E-state index contributed by atoms with van der Waals surface area (Å²) in [6.07, 6.45) is -7.89. The van der Waals surface area contributed by atoms with Crippen molar-refractivity contribution in [2.24, 2.45) is 0 Å². The van der Waals surface area contributed by atoms with Crippen molar-refractivity contribution in [2.45, 2.75) is 30.7 Å². The number of carbonyl (C=O) groups is 4. The zero-order chi connectivity index (χ0) is 30.9. The number of carbonyl (C=O) groups excluding carboxylic acids is 4. The lowest BCUT2D eigenvalue weighted by Gasteiger charge is -2.42. The van der Waals surface area contributed by atoms with Crippen LogP contribution in [0, 0.1) is 0 Å². The van der Waals surface area contributed by atoms with Gasteiger partial charge in [0, 0.05) is 0 Å². The molecule has 1 aliphatic rings. The van der Waals surface area contributed by atoms with Crippen molar-refractivity contribution in [1.29, 1.82) is 0 Å². The van der Waals surface area contributed by atoms with Crippen LogP contribution in [-0.4, -0.2) is 66.3 Å². The van der Waals surface area contributed by atoms with Gasteiger partial charge in [-0.2, -0.15) is 0 Å². The number of ether oxygens (including phenoxy) is 5. The van der Waals surface area contributed by atoms with E-state index in [4.69, 9.17) is 23.7 Å². The Bertz CT molecular complexity index is 1560. The summed E-state index contributed by atoms with van der Waals surface area (Å²) < 4.78 is 28.4. The van der Waals surface area contributed by atoms with Gasteiger partial charge in [0.05, 0.1) is 22.3 Å². The van der Waals surface area contributed by atoms with Crippen LogP contribution in [0.1, 0.15) is 41.4 Å². The van der Waals surface area contributed by atoms with Gasteiger partial charge in [0.2, 0.25) is 0 Å². The minimum atomic E-state index is -1.86. The molecule has 10 heteroatoms. The fraction of sp³-hybridized carbons (Fsp3) is 0.176. The number of aliphatic hydroxyl groups excluding tert-OH is 1. The highest BCUT2D eigenvalue weighted by Gasteiger charge is 2.52. The summed E-state index contributed by atoms with van der Waals surface area (Å²) >= 11 is 0. The van der Waals surface area contributed by atoms with Crippen molar-refractivity contribution < 1.29 is 48.0 Å². The molecule has 4 aromatic carbocycles. The molecule has 224 valence electrons. The van der Waals surface area contributed by atoms with Crippen LogP contribution < -0.4 is 0 Å². The molecule has 10 nitrogen and oxygen atoms in total. The number of aliphatic hydroxyl groups is 1. The maximum absolute atomic E-state index is 13.3. The van der Waals surface area contributed by atoms with E-state index in [2.05, 4.69) is 0 Å². The Morgan fingerprint density at radius 1 is 0.500 bits per heavy atom. The van der Waals surface area contributed by atoms with E-state index in [1.165, 1.54) is 36.4 Å². The molecule has 0 unspecified atom stereocenters. The zero-order valence-corrected chi connectivity index (χ0v) is 23.3. The standard InChI is InChI=1S/C34H28O10/c35-30(22-13-5-1-6-14-22)40-21-26-27(42-31(36)23-15-7-2-8-16-23)28(43-32(37)24-17-9-3-10-18-24)29(34(39)41-26)44-33(38)25-19-11-4-12-20-25/h1-20,26-29,34,39H,21H2/t26-,27-,28-,29+,34-/m1/s1. The van der Waals surface area contributed by atoms with Gasteiger partial charge in [0.1, 0.15) is 12.7 Å². The van der Waals surface area contributed by atoms with E-state index < -0.39 is 61.2 Å². The first-order valence-electron chi connectivity index (χ1n) is 13.7. The van der Waals surface area contributed by atoms with E-state index in [1.54, 1.807) is 84.9 Å². The Kier molecular flexibility index (Phi) is 9.75. The summed E-state index contributed by atoms with van der Waals surface area (Å²) in [5.74, 6) is -3.21. The molecular weight excluding hydrogens is 568 g/mol. The molecule has 4 aromatic rings. The third-order valence-electron chi connectivity index (χ3n) is 6.76. The maximum Gasteiger partial charge on any atom is 0.338 e. The molecule has 0 aromatic heterocycles. The normalized spacial score (nSPS) is 21.0. The van der Waals surface area contributed by atoms with E-state index >= 15 is 0 Å². The number of hydrogen-bond donors (Lipinski definition) is 1. The molecule has 1 N–H and O–H groups in total. The van der Waals surface area contributed by atoms with Crippen molar-refractivity contribution in [2.75, 3.05) is 6.61 Å². The van der Waals surface area contributed by atoms with Gasteiger partial charge in [-0.3, -0.25) is 0 Å². The Morgan fingerprint density at radius 3 is 1.25 bits per heavy atom. The first-order chi connectivity index (χ1) is 21.4. The second-order valence-corrected chi connectivity index (χ2v) is 9.74. The van der Waals surface area contributed by atoms with Crippen molar-refractivity contribution >= 4 is 23.9 Å². The van der Waals surface area contributed by atoms with Gasteiger partial charge in [0.25, 0.3) is 0 Å². The van der Waals surface area contributed by atoms with Crippen LogP contribution in [-0.2, 0) is 23.7 Å². The fourth-order valence-corrected chi connectivity index (χ4v) is 4.54. The van der Waals surface area contributed by atoms with Crippen LogP contribution in [0.2, 0.25) is 0 Å². The predicted molar refractivity (Wildman–Crippen MR) is 155 cm³/mol. The van der Waals surface area contributed by atoms with Gasteiger partial charge in [-0.05, 0) is 48.5 Å². The van der Waals surface area contributed by atoms with Crippen LogP contribution in [0.5, 0.6) is 0 Å². The Morgan fingerprint density at radius 2 is 0.841 bits per heavy atom. The molecule has 44 heavy (non-hydrogen) atoms. The molecule has 0 bridgehead atoms. The molecule has 1 heterocycles. The van der Waals surface area contributed by atoms with Crippen molar-refractivity contribution in [3.63, 3.8) is 0 Å². The molecule has 5 atom stereocenters. The molecule has 0 saturated carbocycles. The summed E-state index contributed by atoms with van der Waals surface area (Å²) in [6, 6.07) is 32.1. The highest BCUT2D eigenvalue weighted by molar-refractivity contribution is 5.91. The van der Waals surface area contributed by atoms with Gasteiger partial charge < -0.3 is 28.8 Å². The van der Waals surface area contributed by atoms with E-state index in [0.29, 0.717) is 0 Å². The molecule has 1 aliphatic heterocycles. The summed E-state index contributed by atoms with van der Waals surface area (Å²) in [7, 11) is 0. The molecule has 0 amide bonds. The van der Waals surface area contributed by atoms with E-state index in [0.717, 1.165) is 0 Å². The summed E-state index contributed by atoms with van der Waals surface area (Å²) in [6.45, 7) is -0.504. The minimum Gasteiger partial charge on any atom is -0.459 e. The highest BCUT2D eigenvalue weighted by atomic mass is 16.7. The molecule has 0 radical (unpaired) electrons. The van der Waals surface area contributed by atoms with Crippen molar-refractivity contribution in [1.82, 2.24) is 0 Å². The van der Waals surface area contributed by atoms with Crippen LogP contribution >= 0.6 is 0 Å². The van der Waals surface area contributed by atoms with E-state index in [1.807, 2.05) is 0 Å². The molecule has 5 rings (SSSR count). The Labute approximate surface area is 252 Å². The third kappa shape index (κ3) is 7.35. The smallest absolute Gasteiger partial charge is 0.338 e. The second-order valence-electron chi connectivity index (χ2n) is 9.74. The van der Waals surface area contributed by atoms with Gasteiger partial charge in [0.15, 0.2) is 24.6 Å². The summed E-state index contributed by atoms with van der Waals surface area (Å²) in [5.41, 5.74) is 0.736. The van der Waals surface area contributed by atoms with Crippen LogP contribution in [0.25, 0.3) is 0 Å². The monoisotopic (exact) mass is 596 g/mol. The lowest BCUT2D eigenvalue weighted by molar-refractivity contribution is -0.284. The Balaban J connectivity index is 1.48. The lowest BCUT2D eigenvalue weighted by atomic mass is 9.97. The fourth-order valence-electron chi connectivity index (χ4n) is 4.54. The highest BCUT2D eigenvalue weighted by Crippen LogP contribution is 2.30. The molecule has 1 saturated heterocycles. The largest absolute Gasteiger partial charge is 0.459 e. The number of benzene rings is 4. The maximum atomic E-state index is 13.3. The average Bonchev–Trinajstić information content (AvgIpc) is 3.07. The van der Waals surface area contributed by atoms with Crippen molar-refractivity contribution in [3.8, 4) is 0 Å².